The minimum Gasteiger partial charge on any atom is -0.480 e. The van der Waals surface area contributed by atoms with Crippen LogP contribution in [0.1, 0.15) is 19.8 Å². The lowest BCUT2D eigenvalue weighted by molar-refractivity contribution is -0.145. The molecule has 1 aliphatic heterocycles. The molecule has 0 radical (unpaired) electrons. The maximum Gasteiger partial charge on any atom is 0.323 e. The smallest absolute Gasteiger partial charge is 0.323 e. The number of ether oxygens (including phenoxy) is 2. The lowest BCUT2D eigenvalue weighted by Gasteiger charge is -2.24. The van der Waals surface area contributed by atoms with Gasteiger partial charge in [-0.25, -0.2) is 0 Å². The molecule has 1 aliphatic rings. The molecule has 1 saturated heterocycles. The number of carboxylic acid groups (broad SMARTS) is 1. The van der Waals surface area contributed by atoms with Crippen LogP contribution in [0.2, 0.25) is 0 Å². The molecule has 1 rings (SSSR count). The van der Waals surface area contributed by atoms with Gasteiger partial charge in [-0.05, 0) is 26.8 Å². The Morgan fingerprint density at radius 1 is 1.73 bits per heavy atom. The van der Waals surface area contributed by atoms with Crippen molar-refractivity contribution in [1.82, 2.24) is 5.32 Å². The van der Waals surface area contributed by atoms with E-state index in [0.717, 1.165) is 13.0 Å². The molecule has 5 nitrogen and oxygen atoms in total. The molecule has 0 aromatic heterocycles. The number of carboxylic acids is 1. The van der Waals surface area contributed by atoms with Gasteiger partial charge < -0.3 is 19.9 Å². The molecular weight excluding hydrogens is 198 g/mol. The Labute approximate surface area is 89.8 Å². The minimum atomic E-state index is -0.903. The molecule has 0 spiro atoms. The van der Waals surface area contributed by atoms with Crippen LogP contribution in [0.25, 0.3) is 0 Å². The maximum absolute atomic E-state index is 10.9. The van der Waals surface area contributed by atoms with Gasteiger partial charge in [-0.3, -0.25) is 4.79 Å². The molecular formula is C10H19NO4. The van der Waals surface area contributed by atoms with Crippen molar-refractivity contribution in [2.75, 3.05) is 26.9 Å². The zero-order chi connectivity index (χ0) is 11.3. The van der Waals surface area contributed by atoms with E-state index in [4.69, 9.17) is 14.6 Å². The number of hydrogen-bond donors (Lipinski definition) is 2. The van der Waals surface area contributed by atoms with Crippen molar-refractivity contribution in [3.05, 3.63) is 0 Å². The first-order chi connectivity index (χ1) is 7.08. The first-order valence-corrected chi connectivity index (χ1v) is 5.20. The van der Waals surface area contributed by atoms with Crippen molar-refractivity contribution in [2.24, 2.45) is 0 Å². The van der Waals surface area contributed by atoms with Gasteiger partial charge in [0.15, 0.2) is 0 Å². The third-order valence-corrected chi connectivity index (χ3v) is 2.87. The summed E-state index contributed by atoms with van der Waals surface area (Å²) in [7, 11) is 1.65. The van der Waals surface area contributed by atoms with E-state index >= 15 is 0 Å². The molecule has 1 heterocycles. The highest BCUT2D eigenvalue weighted by molar-refractivity contribution is 5.78. The first kappa shape index (κ1) is 12.4. The predicted molar refractivity (Wildman–Crippen MR) is 54.9 cm³/mol. The first-order valence-electron chi connectivity index (χ1n) is 5.20. The predicted octanol–water partition coefficient (Wildman–Crippen LogP) is 0.245. The van der Waals surface area contributed by atoms with E-state index in [9.17, 15) is 4.79 Å². The highest BCUT2D eigenvalue weighted by atomic mass is 16.5. The summed E-state index contributed by atoms with van der Waals surface area (Å²) < 4.78 is 10.7. The molecule has 0 aromatic carbocycles. The summed E-state index contributed by atoms with van der Waals surface area (Å²) in [5, 5.41) is 11.8. The van der Waals surface area contributed by atoms with Crippen LogP contribution >= 0.6 is 0 Å². The lowest BCUT2D eigenvalue weighted by atomic mass is 9.99. The Morgan fingerprint density at radius 2 is 2.47 bits per heavy atom. The number of hydrogen-bond acceptors (Lipinski definition) is 4. The van der Waals surface area contributed by atoms with Gasteiger partial charge in [-0.1, -0.05) is 0 Å². The van der Waals surface area contributed by atoms with E-state index in [0.29, 0.717) is 19.6 Å². The van der Waals surface area contributed by atoms with Gasteiger partial charge in [-0.15, -0.1) is 0 Å². The van der Waals surface area contributed by atoms with Gasteiger partial charge in [0.1, 0.15) is 5.54 Å². The van der Waals surface area contributed by atoms with Crippen LogP contribution in [0.3, 0.4) is 0 Å². The fourth-order valence-electron chi connectivity index (χ4n) is 1.41. The van der Waals surface area contributed by atoms with Gasteiger partial charge in [0.05, 0.1) is 12.7 Å². The zero-order valence-corrected chi connectivity index (χ0v) is 9.28. The highest BCUT2D eigenvalue weighted by Gasteiger charge is 2.31. The average Bonchev–Trinajstić information content (AvgIpc) is 2.70. The molecule has 2 atom stereocenters. The monoisotopic (exact) mass is 217 g/mol. The number of rotatable bonds is 6. The van der Waals surface area contributed by atoms with Gasteiger partial charge in [0.2, 0.25) is 0 Å². The summed E-state index contributed by atoms with van der Waals surface area (Å²) in [6, 6.07) is 0. The van der Waals surface area contributed by atoms with Crippen LogP contribution in [0.4, 0.5) is 0 Å². The number of likely N-dealkylation sites (N-methyl/N-ethyl adjacent to an activating group) is 1. The van der Waals surface area contributed by atoms with Crippen molar-refractivity contribution in [2.45, 2.75) is 31.4 Å². The Balaban J connectivity index is 2.25. The van der Waals surface area contributed by atoms with Crippen LogP contribution in [-0.2, 0) is 14.3 Å². The van der Waals surface area contributed by atoms with E-state index < -0.39 is 11.5 Å². The molecule has 2 N–H and O–H groups in total. The van der Waals surface area contributed by atoms with Crippen molar-refractivity contribution >= 4 is 5.97 Å². The van der Waals surface area contributed by atoms with Crippen LogP contribution in [0.5, 0.6) is 0 Å². The summed E-state index contributed by atoms with van der Waals surface area (Å²) >= 11 is 0. The molecule has 5 heteroatoms. The van der Waals surface area contributed by atoms with Gasteiger partial charge >= 0.3 is 5.97 Å². The van der Waals surface area contributed by atoms with Crippen LogP contribution in [-0.4, -0.2) is 49.6 Å². The molecule has 0 saturated carbocycles. The Kier molecular flexibility index (Phi) is 4.50. The van der Waals surface area contributed by atoms with E-state index in [1.807, 2.05) is 0 Å². The Morgan fingerprint density at radius 3 is 2.93 bits per heavy atom. The zero-order valence-electron chi connectivity index (χ0n) is 9.28. The molecule has 88 valence electrons. The SMILES string of the molecule is CNC(C)(CCOC1CCOC1)C(=O)O. The number of aliphatic carboxylic acids is 1. The average molecular weight is 217 g/mol. The molecule has 2 unspecified atom stereocenters. The second-order valence-electron chi connectivity index (χ2n) is 3.99. The fourth-order valence-corrected chi connectivity index (χ4v) is 1.41. The topological polar surface area (TPSA) is 67.8 Å². The molecule has 15 heavy (non-hydrogen) atoms. The van der Waals surface area contributed by atoms with Crippen molar-refractivity contribution < 1.29 is 19.4 Å². The lowest BCUT2D eigenvalue weighted by Crippen LogP contribution is -2.48. The molecule has 0 aromatic rings. The molecule has 0 aliphatic carbocycles. The van der Waals surface area contributed by atoms with E-state index in [1.165, 1.54) is 0 Å². The summed E-state index contributed by atoms with van der Waals surface area (Å²) in [5.41, 5.74) is -0.903. The highest BCUT2D eigenvalue weighted by Crippen LogP contribution is 2.13. The number of nitrogens with one attached hydrogen (secondary N) is 1. The van der Waals surface area contributed by atoms with Crippen molar-refractivity contribution in [3.63, 3.8) is 0 Å². The summed E-state index contributed by atoms with van der Waals surface area (Å²) in [5.74, 6) is -0.851. The Bertz CT molecular complexity index is 215. The summed E-state index contributed by atoms with van der Waals surface area (Å²) in [4.78, 5) is 10.9. The standard InChI is InChI=1S/C10H19NO4/c1-10(11-2,9(12)13)4-6-15-8-3-5-14-7-8/h8,11H,3-7H2,1-2H3,(H,12,13). The minimum absolute atomic E-state index is 0.139. The second kappa shape index (κ2) is 5.44. The quantitative estimate of drug-likeness (QED) is 0.667. The van der Waals surface area contributed by atoms with Gasteiger partial charge in [0, 0.05) is 13.2 Å². The Hall–Kier alpha value is -0.650. The van der Waals surface area contributed by atoms with E-state index in [-0.39, 0.29) is 6.10 Å². The third-order valence-electron chi connectivity index (χ3n) is 2.87. The largest absolute Gasteiger partial charge is 0.480 e. The van der Waals surface area contributed by atoms with Crippen molar-refractivity contribution in [3.8, 4) is 0 Å². The normalized spacial score (nSPS) is 25.1. The summed E-state index contributed by atoms with van der Waals surface area (Å²) in [6.07, 6.45) is 1.50. The maximum atomic E-state index is 10.9. The van der Waals surface area contributed by atoms with Crippen LogP contribution in [0, 0.1) is 0 Å². The summed E-state index contributed by atoms with van der Waals surface area (Å²) in [6.45, 7) is 3.47. The molecule has 0 amide bonds. The fraction of sp³-hybridized carbons (Fsp3) is 0.900. The van der Waals surface area contributed by atoms with E-state index in [2.05, 4.69) is 5.32 Å². The second-order valence-corrected chi connectivity index (χ2v) is 3.99. The molecule has 0 bridgehead atoms. The third kappa shape index (κ3) is 3.44. The van der Waals surface area contributed by atoms with Crippen LogP contribution < -0.4 is 5.32 Å². The van der Waals surface area contributed by atoms with Gasteiger partial charge in [0.25, 0.3) is 0 Å². The van der Waals surface area contributed by atoms with Gasteiger partial charge in [-0.2, -0.15) is 0 Å². The van der Waals surface area contributed by atoms with Crippen LogP contribution in [0.15, 0.2) is 0 Å². The van der Waals surface area contributed by atoms with E-state index in [1.54, 1.807) is 14.0 Å². The number of carbonyl (C=O) groups is 1. The van der Waals surface area contributed by atoms with Crippen molar-refractivity contribution in [1.29, 1.82) is 0 Å². The molecule has 1 fully saturated rings.